The van der Waals surface area contributed by atoms with E-state index in [4.69, 9.17) is 14.3 Å². The van der Waals surface area contributed by atoms with E-state index in [-0.39, 0.29) is 23.3 Å². The van der Waals surface area contributed by atoms with Crippen LogP contribution in [0.5, 0.6) is 5.75 Å². The Balaban J connectivity index is 2.06. The van der Waals surface area contributed by atoms with E-state index in [0.29, 0.717) is 11.3 Å². The Hall–Kier alpha value is -2.37. The summed E-state index contributed by atoms with van der Waals surface area (Å²) in [6, 6.07) is 4.14. The van der Waals surface area contributed by atoms with Crippen LogP contribution in [0.4, 0.5) is 4.39 Å². The lowest BCUT2D eigenvalue weighted by molar-refractivity contribution is 0.0661. The molecule has 2 aromatic rings. The number of nitrogens with zero attached hydrogens (tertiary/aromatic N) is 1. The molecular weight excluding hydrogens is 265 g/mol. The number of ether oxygens (including phenoxy) is 1. The molecule has 0 saturated heterocycles. The van der Waals surface area contributed by atoms with Crippen molar-refractivity contribution in [3.8, 4) is 17.2 Å². The first-order valence-corrected chi connectivity index (χ1v) is 6.18. The fraction of sp³-hybridized carbons (Fsp3) is 0.286. The van der Waals surface area contributed by atoms with E-state index in [1.54, 1.807) is 0 Å². The molecule has 104 valence electrons. The van der Waals surface area contributed by atoms with Gasteiger partial charge >= 0.3 is 5.97 Å². The van der Waals surface area contributed by atoms with Crippen molar-refractivity contribution in [1.82, 2.24) is 4.98 Å². The first-order valence-electron chi connectivity index (χ1n) is 6.18. The molecule has 0 spiro atoms. The monoisotopic (exact) mass is 277 g/mol. The lowest BCUT2D eigenvalue weighted by atomic mass is 10.2. The molecule has 1 fully saturated rings. The Labute approximate surface area is 114 Å². The van der Waals surface area contributed by atoms with Gasteiger partial charge in [-0.2, -0.15) is 0 Å². The number of aromatic carboxylic acids is 1. The Bertz CT molecular complexity index is 676. The lowest BCUT2D eigenvalue weighted by Gasteiger charge is -2.02. The summed E-state index contributed by atoms with van der Waals surface area (Å²) in [5.41, 5.74) is 0.952. The van der Waals surface area contributed by atoms with E-state index < -0.39 is 11.8 Å². The van der Waals surface area contributed by atoms with Crippen LogP contribution in [0.2, 0.25) is 0 Å². The smallest absolute Gasteiger partial charge is 0.373 e. The van der Waals surface area contributed by atoms with Crippen LogP contribution in [-0.4, -0.2) is 23.2 Å². The molecule has 1 aliphatic carbocycles. The summed E-state index contributed by atoms with van der Waals surface area (Å²) < 4.78 is 23.6. The largest absolute Gasteiger partial charge is 0.494 e. The molecule has 0 radical (unpaired) electrons. The zero-order valence-corrected chi connectivity index (χ0v) is 10.7. The third-order valence-corrected chi connectivity index (χ3v) is 3.21. The number of oxazole rings is 1. The summed E-state index contributed by atoms with van der Waals surface area (Å²) in [7, 11) is 1.36. The minimum Gasteiger partial charge on any atom is -0.494 e. The van der Waals surface area contributed by atoms with Gasteiger partial charge in [0.05, 0.1) is 12.8 Å². The van der Waals surface area contributed by atoms with Gasteiger partial charge in [0.1, 0.15) is 0 Å². The van der Waals surface area contributed by atoms with Gasteiger partial charge in [-0.3, -0.25) is 0 Å². The molecule has 0 aliphatic heterocycles. The summed E-state index contributed by atoms with van der Waals surface area (Å²) in [6.45, 7) is 0. The minimum atomic E-state index is -1.14. The highest BCUT2D eigenvalue weighted by Crippen LogP contribution is 2.42. The molecule has 0 amide bonds. The number of hydrogen-bond donors (Lipinski definition) is 1. The molecule has 6 heteroatoms. The van der Waals surface area contributed by atoms with Crippen molar-refractivity contribution in [2.24, 2.45) is 0 Å². The van der Waals surface area contributed by atoms with Gasteiger partial charge in [-0.1, -0.05) is 0 Å². The molecule has 20 heavy (non-hydrogen) atoms. The molecule has 1 aliphatic rings. The van der Waals surface area contributed by atoms with Crippen LogP contribution < -0.4 is 4.74 Å². The number of rotatable bonds is 4. The highest BCUT2D eigenvalue weighted by atomic mass is 19.1. The molecule has 1 aromatic carbocycles. The van der Waals surface area contributed by atoms with Crippen LogP contribution in [0.15, 0.2) is 22.6 Å². The summed E-state index contributed by atoms with van der Waals surface area (Å²) in [4.78, 5) is 15.4. The van der Waals surface area contributed by atoms with Crippen molar-refractivity contribution in [3.63, 3.8) is 0 Å². The Morgan fingerprint density at radius 2 is 2.25 bits per heavy atom. The van der Waals surface area contributed by atoms with Crippen molar-refractivity contribution in [3.05, 3.63) is 35.5 Å². The summed E-state index contributed by atoms with van der Waals surface area (Å²) in [5.74, 6) is -1.39. The van der Waals surface area contributed by atoms with Gasteiger partial charge in [0.15, 0.2) is 11.6 Å². The van der Waals surface area contributed by atoms with Gasteiger partial charge in [0.25, 0.3) is 0 Å². The Morgan fingerprint density at radius 1 is 1.50 bits per heavy atom. The number of hydrogen-bond acceptors (Lipinski definition) is 4. The fourth-order valence-corrected chi connectivity index (χ4v) is 2.03. The molecule has 1 saturated carbocycles. The van der Waals surface area contributed by atoms with Gasteiger partial charge in [-0.15, -0.1) is 0 Å². The molecule has 1 N–H and O–H groups in total. The lowest BCUT2D eigenvalue weighted by Crippen LogP contribution is -1.98. The first kappa shape index (κ1) is 12.7. The first-order chi connectivity index (χ1) is 9.60. The molecule has 0 unspecified atom stereocenters. The molecule has 3 rings (SSSR count). The number of aromatic nitrogens is 1. The van der Waals surface area contributed by atoms with Crippen molar-refractivity contribution in [1.29, 1.82) is 0 Å². The summed E-state index contributed by atoms with van der Waals surface area (Å²) >= 11 is 0. The van der Waals surface area contributed by atoms with Crippen LogP contribution in [0, 0.1) is 5.82 Å². The van der Waals surface area contributed by atoms with Gasteiger partial charge in [0, 0.05) is 11.5 Å². The van der Waals surface area contributed by atoms with Crippen LogP contribution >= 0.6 is 0 Å². The van der Waals surface area contributed by atoms with E-state index in [2.05, 4.69) is 4.98 Å². The maximum Gasteiger partial charge on any atom is 0.373 e. The predicted octanol–water partition coefficient (Wildman–Crippen LogP) is 3.06. The summed E-state index contributed by atoms with van der Waals surface area (Å²) in [6.07, 6.45) is 1.83. The zero-order chi connectivity index (χ0) is 14.3. The van der Waals surface area contributed by atoms with Gasteiger partial charge in [0.2, 0.25) is 11.7 Å². The molecule has 5 nitrogen and oxygen atoms in total. The summed E-state index contributed by atoms with van der Waals surface area (Å²) in [5, 5.41) is 9.13. The molecule has 1 heterocycles. The van der Waals surface area contributed by atoms with Gasteiger partial charge in [-0.25, -0.2) is 14.2 Å². The highest BCUT2D eigenvalue weighted by Gasteiger charge is 2.33. The van der Waals surface area contributed by atoms with Crippen LogP contribution in [0.25, 0.3) is 11.5 Å². The Kier molecular flexibility index (Phi) is 2.93. The van der Waals surface area contributed by atoms with Crippen molar-refractivity contribution in [2.45, 2.75) is 18.8 Å². The molecule has 0 atom stereocenters. The van der Waals surface area contributed by atoms with E-state index in [9.17, 15) is 9.18 Å². The molecular formula is C14H12FNO4. The standard InChI is InChI=1S/C14H12FNO4/c1-19-10-6-8(4-5-9(10)15)13-16-11(7-2-3-7)12(20-13)14(17)18/h4-7H,2-3H2,1H3,(H,17,18). The maximum absolute atomic E-state index is 13.4. The Morgan fingerprint density at radius 3 is 2.85 bits per heavy atom. The number of methoxy groups -OCH3 is 1. The predicted molar refractivity (Wildman–Crippen MR) is 67.4 cm³/mol. The number of carboxylic acids is 1. The van der Waals surface area contributed by atoms with Crippen molar-refractivity contribution >= 4 is 5.97 Å². The number of benzene rings is 1. The van der Waals surface area contributed by atoms with Crippen LogP contribution in [0.3, 0.4) is 0 Å². The van der Waals surface area contributed by atoms with Crippen LogP contribution in [0.1, 0.15) is 35.0 Å². The molecule has 0 bridgehead atoms. The number of halogens is 1. The SMILES string of the molecule is COc1cc(-c2nc(C3CC3)c(C(=O)O)o2)ccc1F. The second-order valence-electron chi connectivity index (χ2n) is 4.66. The van der Waals surface area contributed by atoms with E-state index in [1.807, 2.05) is 0 Å². The van der Waals surface area contributed by atoms with Crippen molar-refractivity contribution in [2.75, 3.05) is 7.11 Å². The van der Waals surface area contributed by atoms with E-state index in [0.717, 1.165) is 12.8 Å². The van der Waals surface area contributed by atoms with Gasteiger partial charge in [-0.05, 0) is 31.0 Å². The average Bonchev–Trinajstić information content (AvgIpc) is 3.18. The average molecular weight is 277 g/mol. The number of carboxylic acid groups (broad SMARTS) is 1. The number of carbonyl (C=O) groups is 1. The highest BCUT2D eigenvalue weighted by molar-refractivity contribution is 5.86. The van der Waals surface area contributed by atoms with Crippen molar-refractivity contribution < 1.29 is 23.4 Å². The van der Waals surface area contributed by atoms with Crippen LogP contribution in [-0.2, 0) is 0 Å². The van der Waals surface area contributed by atoms with E-state index >= 15 is 0 Å². The topological polar surface area (TPSA) is 72.6 Å². The molecule has 1 aromatic heterocycles. The third kappa shape index (κ3) is 2.13. The quantitative estimate of drug-likeness (QED) is 0.929. The second-order valence-corrected chi connectivity index (χ2v) is 4.66. The van der Waals surface area contributed by atoms with Gasteiger partial charge < -0.3 is 14.3 Å². The zero-order valence-electron chi connectivity index (χ0n) is 10.7. The normalized spacial score (nSPS) is 14.3. The second kappa shape index (κ2) is 4.63. The fourth-order valence-electron chi connectivity index (χ4n) is 2.03. The maximum atomic E-state index is 13.4. The van der Waals surface area contributed by atoms with E-state index in [1.165, 1.54) is 25.3 Å². The third-order valence-electron chi connectivity index (χ3n) is 3.21. The minimum absolute atomic E-state index is 0.0607.